The Morgan fingerprint density at radius 3 is 2.24 bits per heavy atom. The van der Waals surface area contributed by atoms with E-state index in [9.17, 15) is 8.42 Å². The van der Waals surface area contributed by atoms with E-state index in [-0.39, 0.29) is 4.90 Å². The van der Waals surface area contributed by atoms with Crippen molar-refractivity contribution in [2.24, 2.45) is 5.92 Å². The average molecular weight is 422 g/mol. The molecule has 0 heterocycles. The highest BCUT2D eigenvalue weighted by Crippen LogP contribution is 2.29. The number of quaternary nitrogens is 1. The Kier molecular flexibility index (Phi) is 8.34. The molecular formula is C22H33N2O4S+. The molecule has 6 nitrogen and oxygen atoms in total. The molecular weight excluding hydrogens is 388 g/mol. The smallest absolute Gasteiger partial charge is 0.339 e. The second-order valence-corrected chi connectivity index (χ2v) is 8.85. The fraction of sp³-hybridized carbons (Fsp3) is 0.455. The Labute approximate surface area is 175 Å². The molecule has 0 aromatic heterocycles. The second kappa shape index (κ2) is 10.5. The largest absolute Gasteiger partial charge is 0.497 e. The van der Waals surface area contributed by atoms with Gasteiger partial charge in [-0.15, -0.1) is 0 Å². The van der Waals surface area contributed by atoms with Gasteiger partial charge in [0.05, 0.1) is 19.2 Å². The van der Waals surface area contributed by atoms with Gasteiger partial charge in [0.2, 0.25) is 0 Å². The van der Waals surface area contributed by atoms with E-state index in [0.29, 0.717) is 24.0 Å². The van der Waals surface area contributed by atoms with Crippen LogP contribution in [0.25, 0.3) is 0 Å². The number of anilines is 1. The summed E-state index contributed by atoms with van der Waals surface area (Å²) >= 11 is 0. The second-order valence-electron chi connectivity index (χ2n) is 7.30. The highest BCUT2D eigenvalue weighted by Gasteiger charge is 2.20. The van der Waals surface area contributed by atoms with E-state index in [4.69, 9.17) is 8.92 Å². The molecule has 2 aromatic rings. The number of hydrogen-bond acceptors (Lipinski definition) is 5. The molecule has 0 saturated carbocycles. The zero-order valence-corrected chi connectivity index (χ0v) is 18.8. The Bertz CT molecular complexity index is 876. The standard InChI is InChI=1S/C22H32N2O4S/c1-6-24(7-2)19-9-8-18(16-23-15-17(3)4)22(14-19)28-29(25,26)21-12-10-20(27-5)11-13-21/h8-14,17,23H,6-7,15-16H2,1-5H3/p+1. The lowest BCUT2D eigenvalue weighted by molar-refractivity contribution is -0.675. The molecule has 0 aliphatic heterocycles. The van der Waals surface area contributed by atoms with Crippen molar-refractivity contribution in [3.63, 3.8) is 0 Å². The van der Waals surface area contributed by atoms with Crippen molar-refractivity contribution in [2.45, 2.75) is 39.1 Å². The van der Waals surface area contributed by atoms with Crippen molar-refractivity contribution < 1.29 is 22.7 Å². The Hall–Kier alpha value is -2.25. The fourth-order valence-electron chi connectivity index (χ4n) is 3.06. The van der Waals surface area contributed by atoms with E-state index < -0.39 is 10.1 Å². The van der Waals surface area contributed by atoms with Gasteiger partial charge >= 0.3 is 10.1 Å². The van der Waals surface area contributed by atoms with Gasteiger partial charge in [0.15, 0.2) is 5.75 Å². The average Bonchev–Trinajstić information content (AvgIpc) is 2.70. The summed E-state index contributed by atoms with van der Waals surface area (Å²) in [4.78, 5) is 2.26. The number of rotatable bonds is 11. The minimum Gasteiger partial charge on any atom is -0.497 e. The molecule has 0 aliphatic rings. The number of benzene rings is 2. The molecule has 0 unspecified atom stereocenters. The van der Waals surface area contributed by atoms with Crippen LogP contribution in [-0.2, 0) is 16.7 Å². The van der Waals surface area contributed by atoms with Crippen molar-refractivity contribution in [3.8, 4) is 11.5 Å². The van der Waals surface area contributed by atoms with Crippen LogP contribution in [0.5, 0.6) is 11.5 Å². The highest BCUT2D eigenvalue weighted by molar-refractivity contribution is 7.87. The van der Waals surface area contributed by atoms with Gasteiger partial charge in [-0.1, -0.05) is 13.8 Å². The molecule has 0 radical (unpaired) electrons. The van der Waals surface area contributed by atoms with Gasteiger partial charge in [-0.25, -0.2) is 0 Å². The fourth-order valence-corrected chi connectivity index (χ4v) is 4.01. The maximum Gasteiger partial charge on any atom is 0.339 e. The molecule has 0 spiro atoms. The lowest BCUT2D eigenvalue weighted by Crippen LogP contribution is -2.83. The first-order valence-electron chi connectivity index (χ1n) is 10.1. The first kappa shape index (κ1) is 23.0. The molecule has 2 N–H and O–H groups in total. The lowest BCUT2D eigenvalue weighted by atomic mass is 10.1. The molecule has 0 atom stereocenters. The van der Waals surface area contributed by atoms with Gasteiger partial charge in [-0.2, -0.15) is 8.42 Å². The van der Waals surface area contributed by atoms with Gasteiger partial charge in [0.1, 0.15) is 17.2 Å². The topological polar surface area (TPSA) is 72.5 Å². The SMILES string of the molecule is CCN(CC)c1ccc(C[NH2+]CC(C)C)c(OS(=O)(=O)c2ccc(OC)cc2)c1. The summed E-state index contributed by atoms with van der Waals surface area (Å²) in [6.45, 7) is 11.7. The summed E-state index contributed by atoms with van der Waals surface area (Å²) in [5.74, 6) is 1.53. The number of nitrogens with two attached hydrogens (primary N) is 1. The monoisotopic (exact) mass is 421 g/mol. The maximum absolute atomic E-state index is 12.9. The van der Waals surface area contributed by atoms with Crippen LogP contribution in [0, 0.1) is 5.92 Å². The Morgan fingerprint density at radius 2 is 1.69 bits per heavy atom. The van der Waals surface area contributed by atoms with E-state index in [0.717, 1.165) is 30.9 Å². The summed E-state index contributed by atoms with van der Waals surface area (Å²) in [6.07, 6.45) is 0. The summed E-state index contributed by atoms with van der Waals surface area (Å²) in [5, 5.41) is 2.17. The van der Waals surface area contributed by atoms with Gasteiger partial charge < -0.3 is 19.1 Å². The van der Waals surface area contributed by atoms with E-state index in [1.54, 1.807) is 19.2 Å². The molecule has 160 valence electrons. The van der Waals surface area contributed by atoms with E-state index in [1.807, 2.05) is 18.2 Å². The molecule has 29 heavy (non-hydrogen) atoms. The minimum absolute atomic E-state index is 0.101. The predicted octanol–water partition coefficient (Wildman–Crippen LogP) is 3.03. The molecule has 2 rings (SSSR count). The third-order valence-corrected chi connectivity index (χ3v) is 5.98. The summed E-state index contributed by atoms with van der Waals surface area (Å²) in [6, 6.07) is 12.0. The molecule has 0 fully saturated rings. The number of ether oxygens (including phenoxy) is 1. The number of methoxy groups -OCH3 is 1. The first-order chi connectivity index (χ1) is 13.8. The summed E-state index contributed by atoms with van der Waals surface area (Å²) < 4.78 is 36.5. The molecule has 7 heteroatoms. The maximum atomic E-state index is 12.9. The molecule has 2 aromatic carbocycles. The molecule has 0 saturated heterocycles. The van der Waals surface area contributed by atoms with Crippen LogP contribution in [0.2, 0.25) is 0 Å². The van der Waals surface area contributed by atoms with Crippen LogP contribution < -0.4 is 19.1 Å². The van der Waals surface area contributed by atoms with Crippen LogP contribution in [-0.4, -0.2) is 35.2 Å². The molecule has 0 amide bonds. The number of nitrogens with zero attached hydrogens (tertiary/aromatic N) is 1. The van der Waals surface area contributed by atoms with E-state index >= 15 is 0 Å². The van der Waals surface area contributed by atoms with Gasteiger partial charge in [0.25, 0.3) is 0 Å². The quantitative estimate of drug-likeness (QED) is 0.565. The van der Waals surface area contributed by atoms with Gasteiger partial charge in [-0.05, 0) is 50.2 Å². The van der Waals surface area contributed by atoms with Crippen molar-refractivity contribution in [3.05, 3.63) is 48.0 Å². The van der Waals surface area contributed by atoms with E-state index in [1.165, 1.54) is 12.1 Å². The Balaban J connectivity index is 2.35. The van der Waals surface area contributed by atoms with Gasteiger partial charge in [0, 0.05) is 30.8 Å². The van der Waals surface area contributed by atoms with Crippen molar-refractivity contribution in [1.82, 2.24) is 0 Å². The number of hydrogen-bond donors (Lipinski definition) is 1. The van der Waals surface area contributed by atoms with Gasteiger partial charge in [-0.3, -0.25) is 0 Å². The van der Waals surface area contributed by atoms with Crippen LogP contribution in [0.4, 0.5) is 5.69 Å². The predicted molar refractivity (Wildman–Crippen MR) is 116 cm³/mol. The third-order valence-electron chi connectivity index (χ3n) is 4.73. The zero-order valence-electron chi connectivity index (χ0n) is 18.0. The van der Waals surface area contributed by atoms with Crippen LogP contribution >= 0.6 is 0 Å². The van der Waals surface area contributed by atoms with Crippen LogP contribution in [0.15, 0.2) is 47.4 Å². The minimum atomic E-state index is -3.95. The zero-order chi connectivity index (χ0) is 21.4. The lowest BCUT2D eigenvalue weighted by Gasteiger charge is -2.22. The summed E-state index contributed by atoms with van der Waals surface area (Å²) in [5.41, 5.74) is 1.81. The first-order valence-corrected chi connectivity index (χ1v) is 11.5. The van der Waals surface area contributed by atoms with Crippen LogP contribution in [0.1, 0.15) is 33.3 Å². The molecule has 0 aliphatic carbocycles. The molecule has 0 bridgehead atoms. The van der Waals surface area contributed by atoms with Crippen molar-refractivity contribution >= 4 is 15.8 Å². The van der Waals surface area contributed by atoms with Crippen molar-refractivity contribution in [2.75, 3.05) is 31.6 Å². The normalized spacial score (nSPS) is 11.5. The third kappa shape index (κ3) is 6.37. The van der Waals surface area contributed by atoms with Crippen molar-refractivity contribution in [1.29, 1.82) is 0 Å². The van der Waals surface area contributed by atoms with E-state index in [2.05, 4.69) is 37.9 Å². The highest BCUT2D eigenvalue weighted by atomic mass is 32.2. The Morgan fingerprint density at radius 1 is 1.03 bits per heavy atom. The summed E-state index contributed by atoms with van der Waals surface area (Å²) in [7, 11) is -2.41. The van der Waals surface area contributed by atoms with Crippen LogP contribution in [0.3, 0.4) is 0 Å².